The average molecular weight is 326 g/mol. The van der Waals surface area contributed by atoms with Gasteiger partial charge in [0.1, 0.15) is 11.3 Å². The van der Waals surface area contributed by atoms with Crippen molar-refractivity contribution in [1.29, 1.82) is 0 Å². The van der Waals surface area contributed by atoms with E-state index in [2.05, 4.69) is 4.98 Å². The van der Waals surface area contributed by atoms with Crippen molar-refractivity contribution in [3.8, 4) is 5.75 Å². The molecule has 1 fully saturated rings. The Labute approximate surface area is 131 Å². The van der Waals surface area contributed by atoms with Gasteiger partial charge in [-0.05, 0) is 19.1 Å². The van der Waals surface area contributed by atoms with Gasteiger partial charge in [-0.15, -0.1) is 0 Å². The molecule has 1 aliphatic rings. The summed E-state index contributed by atoms with van der Waals surface area (Å²) in [4.78, 5) is 5.99. The lowest BCUT2D eigenvalue weighted by Gasteiger charge is -2.27. The molecule has 0 bridgehead atoms. The van der Waals surface area contributed by atoms with E-state index < -0.39 is 18.3 Å². The molecular formula is C16H17F3N2O2. The number of aliphatic hydroxyl groups is 1. The van der Waals surface area contributed by atoms with Crippen molar-refractivity contribution < 1.29 is 23.0 Å². The van der Waals surface area contributed by atoms with E-state index in [0.717, 1.165) is 0 Å². The van der Waals surface area contributed by atoms with Gasteiger partial charge < -0.3 is 14.7 Å². The zero-order valence-electron chi connectivity index (χ0n) is 12.8. The topological polar surface area (TPSA) is 45.6 Å². The number of alkyl halides is 3. The van der Waals surface area contributed by atoms with E-state index in [4.69, 9.17) is 4.74 Å². The van der Waals surface area contributed by atoms with Crippen LogP contribution in [0.2, 0.25) is 0 Å². The Hall–Kier alpha value is -2.02. The summed E-state index contributed by atoms with van der Waals surface area (Å²) in [5.74, 6) is 0.567. The third-order valence-electron chi connectivity index (χ3n) is 4.24. The van der Waals surface area contributed by atoms with E-state index in [9.17, 15) is 18.3 Å². The van der Waals surface area contributed by atoms with Crippen molar-refractivity contribution >= 4 is 16.6 Å². The summed E-state index contributed by atoms with van der Waals surface area (Å²) in [6.45, 7) is 1.43. The summed E-state index contributed by atoms with van der Waals surface area (Å²) >= 11 is 0. The van der Waals surface area contributed by atoms with E-state index in [0.29, 0.717) is 28.0 Å². The zero-order valence-corrected chi connectivity index (χ0v) is 12.8. The first-order valence-electron chi connectivity index (χ1n) is 7.23. The maximum atomic E-state index is 13.0. The van der Waals surface area contributed by atoms with Gasteiger partial charge in [-0.3, -0.25) is 0 Å². The van der Waals surface area contributed by atoms with E-state index in [1.54, 1.807) is 36.1 Å². The van der Waals surface area contributed by atoms with Gasteiger partial charge in [0.15, 0.2) is 5.60 Å². The van der Waals surface area contributed by atoms with Gasteiger partial charge in [0.2, 0.25) is 0 Å². The SMILES string of the molecule is COc1cccc2c(N3CCC(O)(C(F)(F)F)C3)cc(C)nc12. The minimum atomic E-state index is -4.64. The Morgan fingerprint density at radius 1 is 1.35 bits per heavy atom. The molecule has 1 aromatic carbocycles. The quantitative estimate of drug-likeness (QED) is 0.921. The van der Waals surface area contributed by atoms with Gasteiger partial charge in [0, 0.05) is 29.7 Å². The third kappa shape index (κ3) is 2.59. The molecule has 1 saturated heterocycles. The van der Waals surface area contributed by atoms with Crippen LogP contribution in [-0.2, 0) is 0 Å². The number of hydrogen-bond acceptors (Lipinski definition) is 4. The molecule has 1 aliphatic heterocycles. The van der Waals surface area contributed by atoms with Crippen molar-refractivity contribution in [3.05, 3.63) is 30.0 Å². The van der Waals surface area contributed by atoms with E-state index >= 15 is 0 Å². The first kappa shape index (κ1) is 15.9. The molecule has 1 N–H and O–H groups in total. The summed E-state index contributed by atoms with van der Waals surface area (Å²) in [6, 6.07) is 7.07. The Bertz CT molecular complexity index is 748. The molecule has 0 amide bonds. The molecule has 4 nitrogen and oxygen atoms in total. The average Bonchev–Trinajstić information content (AvgIpc) is 2.89. The number of rotatable bonds is 2. The fourth-order valence-electron chi connectivity index (χ4n) is 2.99. The van der Waals surface area contributed by atoms with Crippen LogP contribution in [0.15, 0.2) is 24.3 Å². The van der Waals surface area contributed by atoms with Crippen LogP contribution in [0.25, 0.3) is 10.9 Å². The van der Waals surface area contributed by atoms with E-state index in [-0.39, 0.29) is 13.0 Å². The van der Waals surface area contributed by atoms with Crippen molar-refractivity contribution in [2.75, 3.05) is 25.1 Å². The highest BCUT2D eigenvalue weighted by atomic mass is 19.4. The Balaban J connectivity index is 2.08. The molecule has 0 saturated carbocycles. The van der Waals surface area contributed by atoms with Crippen LogP contribution < -0.4 is 9.64 Å². The summed E-state index contributed by atoms with van der Waals surface area (Å²) in [7, 11) is 1.52. The first-order valence-corrected chi connectivity index (χ1v) is 7.23. The Morgan fingerprint density at radius 3 is 2.70 bits per heavy atom. The van der Waals surface area contributed by atoms with Crippen LogP contribution in [0.5, 0.6) is 5.75 Å². The maximum absolute atomic E-state index is 13.0. The lowest BCUT2D eigenvalue weighted by Crippen LogP contribution is -2.47. The summed E-state index contributed by atoms with van der Waals surface area (Å²) in [5, 5.41) is 10.6. The number of aromatic nitrogens is 1. The highest BCUT2D eigenvalue weighted by Gasteiger charge is 2.57. The number of benzene rings is 1. The molecule has 2 aromatic rings. The molecule has 0 aliphatic carbocycles. The number of methoxy groups -OCH3 is 1. The molecule has 7 heteroatoms. The van der Waals surface area contributed by atoms with Gasteiger partial charge in [0.05, 0.1) is 13.7 Å². The number of aryl methyl sites for hydroxylation is 1. The normalized spacial score (nSPS) is 21.9. The highest BCUT2D eigenvalue weighted by molar-refractivity contribution is 5.95. The molecule has 124 valence electrons. The first-order chi connectivity index (χ1) is 10.7. The summed E-state index contributed by atoms with van der Waals surface area (Å²) in [6.07, 6.45) is -4.99. The molecule has 3 rings (SSSR count). The second-order valence-electron chi connectivity index (χ2n) is 5.84. The molecule has 1 atom stereocenters. The summed E-state index contributed by atoms with van der Waals surface area (Å²) in [5.41, 5.74) is -0.756. The van der Waals surface area contributed by atoms with Gasteiger partial charge in [-0.25, -0.2) is 4.98 Å². The number of β-amino-alcohol motifs (C(OH)–C–C–N with tert-alkyl or cyclic N) is 1. The maximum Gasteiger partial charge on any atom is 0.418 e. The zero-order chi connectivity index (χ0) is 16.8. The molecule has 2 heterocycles. The van der Waals surface area contributed by atoms with Crippen LogP contribution in [0, 0.1) is 6.92 Å². The predicted molar refractivity (Wildman–Crippen MR) is 80.9 cm³/mol. The molecule has 0 spiro atoms. The molecule has 1 aromatic heterocycles. The second-order valence-corrected chi connectivity index (χ2v) is 5.84. The van der Waals surface area contributed by atoms with Crippen LogP contribution in [0.4, 0.5) is 18.9 Å². The number of pyridine rings is 1. The summed E-state index contributed by atoms with van der Waals surface area (Å²) < 4.78 is 44.4. The third-order valence-corrected chi connectivity index (χ3v) is 4.24. The highest BCUT2D eigenvalue weighted by Crippen LogP contribution is 2.41. The fourth-order valence-corrected chi connectivity index (χ4v) is 2.99. The smallest absolute Gasteiger partial charge is 0.418 e. The van der Waals surface area contributed by atoms with E-state index in [1.807, 2.05) is 0 Å². The Kier molecular flexibility index (Phi) is 3.63. The van der Waals surface area contributed by atoms with E-state index in [1.165, 1.54) is 7.11 Å². The number of fused-ring (bicyclic) bond motifs is 1. The van der Waals surface area contributed by atoms with Crippen LogP contribution >= 0.6 is 0 Å². The van der Waals surface area contributed by atoms with Crippen molar-refractivity contribution in [1.82, 2.24) is 4.98 Å². The number of ether oxygens (including phenoxy) is 1. The largest absolute Gasteiger partial charge is 0.494 e. The standard InChI is InChI=1S/C16H17F3N2O2/c1-10-8-12(11-4-3-5-13(23-2)14(11)20-10)21-7-6-15(22,9-21)16(17,18)19/h3-5,8,22H,6-7,9H2,1-2H3. The lowest BCUT2D eigenvalue weighted by molar-refractivity contribution is -0.250. The number of halogens is 3. The number of para-hydroxylation sites is 1. The van der Waals surface area contributed by atoms with Gasteiger partial charge in [-0.2, -0.15) is 13.2 Å². The van der Waals surface area contributed by atoms with Gasteiger partial charge in [-0.1, -0.05) is 12.1 Å². The van der Waals surface area contributed by atoms with Crippen molar-refractivity contribution in [3.63, 3.8) is 0 Å². The monoisotopic (exact) mass is 326 g/mol. The second kappa shape index (κ2) is 5.26. The minimum Gasteiger partial charge on any atom is -0.494 e. The van der Waals surface area contributed by atoms with Gasteiger partial charge in [0.25, 0.3) is 0 Å². The van der Waals surface area contributed by atoms with Crippen LogP contribution in [0.3, 0.4) is 0 Å². The number of anilines is 1. The lowest BCUT2D eigenvalue weighted by atomic mass is 10.0. The number of nitrogens with zero attached hydrogens (tertiary/aromatic N) is 2. The number of hydrogen-bond donors (Lipinski definition) is 1. The minimum absolute atomic E-state index is 0.131. The fraction of sp³-hybridized carbons (Fsp3) is 0.438. The molecule has 1 unspecified atom stereocenters. The molecule has 0 radical (unpaired) electrons. The van der Waals surface area contributed by atoms with Crippen molar-refractivity contribution in [2.24, 2.45) is 0 Å². The van der Waals surface area contributed by atoms with Crippen molar-refractivity contribution in [2.45, 2.75) is 25.1 Å². The predicted octanol–water partition coefficient (Wildman–Crippen LogP) is 3.06. The Morgan fingerprint density at radius 2 is 2.09 bits per heavy atom. The van der Waals surface area contributed by atoms with Crippen LogP contribution in [-0.4, -0.2) is 42.1 Å². The molecule has 23 heavy (non-hydrogen) atoms. The molecular weight excluding hydrogens is 309 g/mol. The van der Waals surface area contributed by atoms with Crippen LogP contribution in [0.1, 0.15) is 12.1 Å². The van der Waals surface area contributed by atoms with Gasteiger partial charge >= 0.3 is 6.18 Å².